The Labute approximate surface area is 169 Å². The van der Waals surface area contributed by atoms with Crippen molar-refractivity contribution < 1.29 is 9.18 Å². The highest BCUT2D eigenvalue weighted by Crippen LogP contribution is 2.39. The van der Waals surface area contributed by atoms with Crippen molar-refractivity contribution >= 4 is 42.1 Å². The van der Waals surface area contributed by atoms with Gasteiger partial charge in [-0.3, -0.25) is 4.79 Å². The molecule has 1 aliphatic rings. The molecule has 1 aromatic heterocycles. The van der Waals surface area contributed by atoms with Gasteiger partial charge in [-0.1, -0.05) is 12.1 Å². The summed E-state index contributed by atoms with van der Waals surface area (Å²) in [6, 6.07) is 6.35. The van der Waals surface area contributed by atoms with Crippen LogP contribution in [0, 0.1) is 18.7 Å². The molecule has 0 bridgehead atoms. The highest BCUT2D eigenvalue weighted by molar-refractivity contribution is 7.13. The first-order valence-corrected chi connectivity index (χ1v) is 8.96. The van der Waals surface area contributed by atoms with Crippen molar-refractivity contribution in [2.45, 2.75) is 38.6 Å². The zero-order valence-electron chi connectivity index (χ0n) is 14.8. The van der Waals surface area contributed by atoms with Crippen molar-refractivity contribution in [1.29, 1.82) is 0 Å². The number of nitrogens with zero attached hydrogens (tertiary/aromatic N) is 1. The van der Waals surface area contributed by atoms with Crippen LogP contribution in [0.15, 0.2) is 24.3 Å². The number of hydrogen-bond donors (Lipinski definition) is 2. The van der Waals surface area contributed by atoms with Gasteiger partial charge in [-0.05, 0) is 50.3 Å². The summed E-state index contributed by atoms with van der Waals surface area (Å²) in [5.74, 6) is 0.115. The van der Waals surface area contributed by atoms with Gasteiger partial charge in [-0.25, -0.2) is 9.37 Å². The Kier molecular flexibility index (Phi) is 8.02. The highest BCUT2D eigenvalue weighted by atomic mass is 35.5. The SMILES string of the molecule is Cc1nc(Cc2ccc(F)cc2)sc1C(=O)NC(C)(CN)C1CC1.Cl.Cl. The van der Waals surface area contributed by atoms with Gasteiger partial charge in [-0.2, -0.15) is 0 Å². The van der Waals surface area contributed by atoms with Crippen molar-refractivity contribution in [3.63, 3.8) is 0 Å². The first kappa shape index (κ1) is 22.8. The summed E-state index contributed by atoms with van der Waals surface area (Å²) in [6.45, 7) is 4.29. The van der Waals surface area contributed by atoms with Gasteiger partial charge in [0, 0.05) is 13.0 Å². The number of carbonyl (C=O) groups excluding carboxylic acids is 1. The van der Waals surface area contributed by atoms with Crippen molar-refractivity contribution in [2.75, 3.05) is 6.54 Å². The molecule has 1 fully saturated rings. The Balaban J connectivity index is 0.00000169. The van der Waals surface area contributed by atoms with Gasteiger partial charge in [0.1, 0.15) is 10.7 Å². The second-order valence-electron chi connectivity index (χ2n) is 6.68. The number of benzene rings is 1. The van der Waals surface area contributed by atoms with Gasteiger partial charge < -0.3 is 11.1 Å². The number of rotatable bonds is 6. The van der Waals surface area contributed by atoms with E-state index in [1.165, 1.54) is 23.5 Å². The molecular weight excluding hydrogens is 396 g/mol. The lowest BCUT2D eigenvalue weighted by atomic mass is 9.96. The molecule has 1 saturated carbocycles. The molecule has 2 aromatic rings. The Hall–Kier alpha value is -1.21. The van der Waals surface area contributed by atoms with E-state index in [1.807, 2.05) is 13.8 Å². The van der Waals surface area contributed by atoms with E-state index in [0.29, 0.717) is 23.8 Å². The second-order valence-corrected chi connectivity index (χ2v) is 7.76. The number of aryl methyl sites for hydroxylation is 1. The van der Waals surface area contributed by atoms with E-state index in [-0.39, 0.29) is 42.1 Å². The van der Waals surface area contributed by atoms with Crippen LogP contribution in [0.3, 0.4) is 0 Å². The third-order valence-corrected chi connectivity index (χ3v) is 5.77. The smallest absolute Gasteiger partial charge is 0.263 e. The highest BCUT2D eigenvalue weighted by Gasteiger charge is 2.42. The van der Waals surface area contributed by atoms with Gasteiger partial charge in [0.05, 0.1) is 16.2 Å². The number of aromatic nitrogens is 1. The Morgan fingerprint density at radius 2 is 1.96 bits per heavy atom. The molecule has 1 amide bonds. The summed E-state index contributed by atoms with van der Waals surface area (Å²) >= 11 is 1.39. The summed E-state index contributed by atoms with van der Waals surface area (Å²) in [4.78, 5) is 17.8. The standard InChI is InChI=1S/C18H22FN3OS.2ClH/c1-11-16(17(23)22-18(2,10-20)13-5-6-13)24-15(21-11)9-12-3-7-14(19)8-4-12;;/h3-4,7-8,13H,5-6,9-10,20H2,1-2H3,(H,22,23);2*1H. The fourth-order valence-corrected chi connectivity index (χ4v) is 3.87. The predicted octanol–water partition coefficient (Wildman–Crippen LogP) is 3.88. The first-order chi connectivity index (χ1) is 11.4. The van der Waals surface area contributed by atoms with Gasteiger partial charge >= 0.3 is 0 Å². The minimum absolute atomic E-state index is 0. The molecule has 4 nitrogen and oxygen atoms in total. The average Bonchev–Trinajstić information content (AvgIpc) is 3.34. The molecule has 1 heterocycles. The van der Waals surface area contributed by atoms with E-state index < -0.39 is 0 Å². The third kappa shape index (κ3) is 5.16. The molecule has 1 unspecified atom stereocenters. The molecule has 8 heteroatoms. The summed E-state index contributed by atoms with van der Waals surface area (Å²) < 4.78 is 13.0. The van der Waals surface area contributed by atoms with E-state index in [2.05, 4.69) is 10.3 Å². The van der Waals surface area contributed by atoms with Crippen molar-refractivity contribution in [2.24, 2.45) is 11.7 Å². The molecular formula is C18H24Cl2FN3OS. The van der Waals surface area contributed by atoms with Crippen LogP contribution >= 0.6 is 36.2 Å². The minimum Gasteiger partial charge on any atom is -0.345 e. The van der Waals surface area contributed by atoms with E-state index in [9.17, 15) is 9.18 Å². The van der Waals surface area contributed by atoms with E-state index >= 15 is 0 Å². The second kappa shape index (κ2) is 9.13. The quantitative estimate of drug-likeness (QED) is 0.745. The number of hydrogen-bond acceptors (Lipinski definition) is 4. The molecule has 0 aliphatic heterocycles. The summed E-state index contributed by atoms with van der Waals surface area (Å²) in [5.41, 5.74) is 7.23. The van der Waals surface area contributed by atoms with Crippen LogP contribution in [0.4, 0.5) is 4.39 Å². The summed E-state index contributed by atoms with van der Waals surface area (Å²) in [5, 5.41) is 3.96. The van der Waals surface area contributed by atoms with Gasteiger partial charge in [0.2, 0.25) is 0 Å². The van der Waals surface area contributed by atoms with Crippen LogP contribution in [0.5, 0.6) is 0 Å². The number of nitrogens with two attached hydrogens (primary N) is 1. The molecule has 0 saturated heterocycles. The van der Waals surface area contributed by atoms with Crippen molar-refractivity contribution in [3.05, 3.63) is 51.2 Å². The van der Waals surface area contributed by atoms with E-state index in [4.69, 9.17) is 5.73 Å². The Morgan fingerprint density at radius 1 is 1.35 bits per heavy atom. The molecule has 1 aliphatic carbocycles. The van der Waals surface area contributed by atoms with Crippen LogP contribution in [0.25, 0.3) is 0 Å². The van der Waals surface area contributed by atoms with Crippen molar-refractivity contribution in [1.82, 2.24) is 10.3 Å². The van der Waals surface area contributed by atoms with Crippen molar-refractivity contribution in [3.8, 4) is 0 Å². The summed E-state index contributed by atoms with van der Waals surface area (Å²) in [7, 11) is 0. The average molecular weight is 420 g/mol. The largest absolute Gasteiger partial charge is 0.345 e. The molecule has 3 rings (SSSR count). The molecule has 3 N–H and O–H groups in total. The molecule has 1 aromatic carbocycles. The summed E-state index contributed by atoms with van der Waals surface area (Å²) in [6.07, 6.45) is 2.83. The lowest BCUT2D eigenvalue weighted by Gasteiger charge is -2.29. The molecule has 0 radical (unpaired) electrons. The zero-order chi connectivity index (χ0) is 17.3. The van der Waals surface area contributed by atoms with Crippen LogP contribution < -0.4 is 11.1 Å². The molecule has 26 heavy (non-hydrogen) atoms. The first-order valence-electron chi connectivity index (χ1n) is 8.14. The van der Waals surface area contributed by atoms with E-state index in [1.54, 1.807) is 12.1 Å². The maximum atomic E-state index is 13.0. The zero-order valence-corrected chi connectivity index (χ0v) is 17.2. The monoisotopic (exact) mass is 419 g/mol. The lowest BCUT2D eigenvalue weighted by molar-refractivity contribution is 0.0901. The van der Waals surface area contributed by atoms with Gasteiger partial charge in [0.15, 0.2) is 0 Å². The Morgan fingerprint density at radius 3 is 2.50 bits per heavy atom. The third-order valence-electron chi connectivity index (χ3n) is 4.62. The van der Waals surface area contributed by atoms with Crippen LogP contribution in [0.2, 0.25) is 0 Å². The Bertz CT molecular complexity index is 749. The van der Waals surface area contributed by atoms with Crippen LogP contribution in [-0.2, 0) is 6.42 Å². The lowest BCUT2D eigenvalue weighted by Crippen LogP contribution is -2.53. The predicted molar refractivity (Wildman–Crippen MR) is 108 cm³/mol. The number of halogens is 3. The number of carbonyl (C=O) groups is 1. The maximum absolute atomic E-state index is 13.0. The maximum Gasteiger partial charge on any atom is 0.263 e. The fraction of sp³-hybridized carbons (Fsp3) is 0.444. The van der Waals surface area contributed by atoms with Crippen LogP contribution in [-0.4, -0.2) is 23.0 Å². The number of amides is 1. The molecule has 0 spiro atoms. The normalized spacial score (nSPS) is 15.4. The number of nitrogens with one attached hydrogen (secondary N) is 1. The van der Waals surface area contributed by atoms with E-state index in [0.717, 1.165) is 29.1 Å². The minimum atomic E-state index is -0.343. The molecule has 1 atom stereocenters. The number of thiazole rings is 1. The van der Waals surface area contributed by atoms with Gasteiger partial charge in [0.25, 0.3) is 5.91 Å². The fourth-order valence-electron chi connectivity index (χ4n) is 2.87. The molecule has 144 valence electrons. The van der Waals surface area contributed by atoms with Crippen LogP contribution in [0.1, 0.15) is 45.7 Å². The topological polar surface area (TPSA) is 68.0 Å². The van der Waals surface area contributed by atoms with Gasteiger partial charge in [-0.15, -0.1) is 36.2 Å².